The third-order valence-corrected chi connectivity index (χ3v) is 9.56. The first-order chi connectivity index (χ1) is 17.5. The van der Waals surface area contributed by atoms with E-state index in [0.29, 0.717) is 18.5 Å². The third-order valence-electron chi connectivity index (χ3n) is 6.69. The Hall–Kier alpha value is -3.07. The van der Waals surface area contributed by atoms with Crippen LogP contribution in [0.3, 0.4) is 0 Å². The summed E-state index contributed by atoms with van der Waals surface area (Å²) in [7, 11) is -3.94. The van der Waals surface area contributed by atoms with E-state index in [1.165, 1.54) is 9.18 Å². The van der Waals surface area contributed by atoms with E-state index >= 15 is 0 Å². The molecule has 4 aromatic rings. The molecule has 1 aliphatic rings. The van der Waals surface area contributed by atoms with Crippen molar-refractivity contribution in [2.75, 3.05) is 19.6 Å². The van der Waals surface area contributed by atoms with Gasteiger partial charge in [-0.05, 0) is 47.5 Å². The second kappa shape index (κ2) is 10.5. The number of fused-ring (bicyclic) bond motifs is 2. The van der Waals surface area contributed by atoms with Crippen molar-refractivity contribution in [1.29, 1.82) is 0 Å². The number of sulfonamides is 1. The van der Waals surface area contributed by atoms with Gasteiger partial charge >= 0.3 is 0 Å². The summed E-state index contributed by atoms with van der Waals surface area (Å²) in [5, 5.41) is 2.82. The Labute approximate surface area is 216 Å². The van der Waals surface area contributed by atoms with Gasteiger partial charge in [0, 0.05) is 29.5 Å². The molecule has 0 N–H and O–H groups in total. The van der Waals surface area contributed by atoms with Gasteiger partial charge < -0.3 is 4.90 Å². The zero-order valence-electron chi connectivity index (χ0n) is 20.2. The molecule has 6 nitrogen and oxygen atoms in total. The lowest BCUT2D eigenvalue weighted by atomic mass is 9.93. The van der Waals surface area contributed by atoms with Gasteiger partial charge in [-0.2, -0.15) is 4.31 Å². The van der Waals surface area contributed by atoms with Crippen LogP contribution in [-0.4, -0.2) is 48.1 Å². The molecule has 1 aliphatic heterocycles. The first kappa shape index (κ1) is 24.6. The minimum absolute atomic E-state index is 0.142. The average molecular weight is 520 g/mol. The highest BCUT2D eigenvalue weighted by Gasteiger charge is 2.36. The quantitative estimate of drug-likeness (QED) is 0.318. The Morgan fingerprint density at radius 2 is 1.89 bits per heavy atom. The number of para-hydroxylation sites is 1. The lowest BCUT2D eigenvalue weighted by molar-refractivity contribution is -0.133. The highest BCUT2D eigenvalue weighted by molar-refractivity contribution is 7.89. The van der Waals surface area contributed by atoms with E-state index in [1.54, 1.807) is 35.7 Å². The number of carbonyl (C=O) groups is 1. The number of nitrogens with zero attached hydrogens (tertiary/aromatic N) is 3. The number of carbonyl (C=O) groups excluding carboxylic acids is 1. The summed E-state index contributed by atoms with van der Waals surface area (Å²) >= 11 is 1.71. The van der Waals surface area contributed by atoms with Crippen LogP contribution >= 0.6 is 11.3 Å². The average Bonchev–Trinajstić information content (AvgIpc) is 3.39. The maximum absolute atomic E-state index is 13.9. The molecule has 0 aliphatic carbocycles. The summed E-state index contributed by atoms with van der Waals surface area (Å²) in [5.41, 5.74) is 2.59. The van der Waals surface area contributed by atoms with E-state index in [1.807, 2.05) is 54.3 Å². The van der Waals surface area contributed by atoms with Gasteiger partial charge in [0.2, 0.25) is 15.9 Å². The second-order valence-electron chi connectivity index (χ2n) is 8.97. The van der Waals surface area contributed by atoms with Gasteiger partial charge in [0.25, 0.3) is 0 Å². The summed E-state index contributed by atoms with van der Waals surface area (Å²) in [5.74, 6) is -0.187. The lowest BCUT2D eigenvalue weighted by Gasteiger charge is -2.37. The maximum Gasteiger partial charge on any atom is 0.245 e. The maximum atomic E-state index is 13.9. The Bertz CT molecular complexity index is 1460. The summed E-state index contributed by atoms with van der Waals surface area (Å²) in [6.07, 6.45) is 3.86. The molecule has 36 heavy (non-hydrogen) atoms. The number of thiophene rings is 1. The van der Waals surface area contributed by atoms with Gasteiger partial charge in [-0.3, -0.25) is 9.78 Å². The van der Waals surface area contributed by atoms with Crippen LogP contribution in [-0.2, 0) is 21.2 Å². The van der Waals surface area contributed by atoms with E-state index in [9.17, 15) is 13.2 Å². The third kappa shape index (κ3) is 4.68. The fourth-order valence-electron chi connectivity index (χ4n) is 4.86. The van der Waals surface area contributed by atoms with E-state index < -0.39 is 10.0 Å². The first-order valence-corrected chi connectivity index (χ1v) is 14.6. The lowest BCUT2D eigenvalue weighted by Crippen LogP contribution is -2.47. The molecule has 0 fully saturated rings. The number of rotatable bonds is 8. The molecule has 1 amide bonds. The molecule has 1 atom stereocenters. The monoisotopic (exact) mass is 519 g/mol. The van der Waals surface area contributed by atoms with Crippen molar-refractivity contribution in [2.45, 2.75) is 37.1 Å². The van der Waals surface area contributed by atoms with Crippen LogP contribution in [0.15, 0.2) is 83.2 Å². The van der Waals surface area contributed by atoms with Crippen LogP contribution in [0, 0.1) is 0 Å². The first-order valence-electron chi connectivity index (χ1n) is 12.2. The highest BCUT2D eigenvalue weighted by Crippen LogP contribution is 2.38. The van der Waals surface area contributed by atoms with E-state index in [-0.39, 0.29) is 29.9 Å². The predicted molar refractivity (Wildman–Crippen MR) is 143 cm³/mol. The van der Waals surface area contributed by atoms with Crippen LogP contribution in [0.5, 0.6) is 0 Å². The molecule has 0 spiro atoms. The number of hydrogen-bond acceptors (Lipinski definition) is 5. The van der Waals surface area contributed by atoms with Gasteiger partial charge in [-0.25, -0.2) is 8.42 Å². The predicted octanol–water partition coefficient (Wildman–Crippen LogP) is 5.26. The Balaban J connectivity index is 1.49. The van der Waals surface area contributed by atoms with Crippen molar-refractivity contribution in [2.24, 2.45) is 0 Å². The standard InChI is InChI=1S/C28H29N3O3S2/c1-2-3-17-30(36(33,34)25-13-7-11-21-12-8-16-29-27(21)25)20-26(32)31-18-14-24-23(15-19-35-24)28(31)22-9-5-4-6-10-22/h4-13,15-16,19,28H,2-3,14,17-18,20H2,1H3/t28-/m0/s1. The minimum atomic E-state index is -3.94. The van der Waals surface area contributed by atoms with Crippen LogP contribution in [0.4, 0.5) is 0 Å². The Morgan fingerprint density at radius 3 is 2.69 bits per heavy atom. The molecule has 186 valence electrons. The second-order valence-corrected chi connectivity index (χ2v) is 11.9. The van der Waals surface area contributed by atoms with Gasteiger partial charge in [0.15, 0.2) is 0 Å². The molecule has 0 unspecified atom stereocenters. The Kier molecular flexibility index (Phi) is 7.18. The number of amides is 1. The van der Waals surface area contributed by atoms with Crippen LogP contribution < -0.4 is 0 Å². The molecule has 0 saturated carbocycles. The number of unbranched alkanes of at least 4 members (excludes halogenated alkanes) is 1. The summed E-state index contributed by atoms with van der Waals surface area (Å²) in [6.45, 7) is 2.65. The minimum Gasteiger partial charge on any atom is -0.330 e. The number of hydrogen-bond donors (Lipinski definition) is 0. The van der Waals surface area contributed by atoms with Crippen molar-refractivity contribution in [1.82, 2.24) is 14.2 Å². The topological polar surface area (TPSA) is 70.6 Å². The highest BCUT2D eigenvalue weighted by atomic mass is 32.2. The summed E-state index contributed by atoms with van der Waals surface area (Å²) in [6, 6.07) is 20.6. The zero-order chi connectivity index (χ0) is 25.1. The molecular formula is C28H29N3O3S2. The summed E-state index contributed by atoms with van der Waals surface area (Å²) in [4.78, 5) is 21.5. The molecule has 2 aromatic carbocycles. The van der Waals surface area contributed by atoms with Crippen LogP contribution in [0.1, 0.15) is 41.8 Å². The molecule has 3 heterocycles. The van der Waals surface area contributed by atoms with Crippen molar-refractivity contribution in [3.8, 4) is 0 Å². The fraction of sp³-hybridized carbons (Fsp3) is 0.286. The molecule has 2 aromatic heterocycles. The number of aromatic nitrogens is 1. The normalized spacial score (nSPS) is 15.8. The smallest absolute Gasteiger partial charge is 0.245 e. The molecule has 8 heteroatoms. The van der Waals surface area contributed by atoms with E-state index in [0.717, 1.165) is 29.4 Å². The molecule has 0 saturated heterocycles. The van der Waals surface area contributed by atoms with Crippen molar-refractivity contribution in [3.63, 3.8) is 0 Å². The SMILES string of the molecule is CCCCN(CC(=O)N1CCc2sccc2[C@@H]1c1ccccc1)S(=O)(=O)c1cccc2cccnc12. The van der Waals surface area contributed by atoms with Crippen LogP contribution in [0.25, 0.3) is 10.9 Å². The molecule has 0 bridgehead atoms. The largest absolute Gasteiger partial charge is 0.330 e. The van der Waals surface area contributed by atoms with E-state index in [2.05, 4.69) is 16.4 Å². The fourth-order valence-corrected chi connectivity index (χ4v) is 7.36. The number of pyridine rings is 1. The van der Waals surface area contributed by atoms with E-state index in [4.69, 9.17) is 0 Å². The van der Waals surface area contributed by atoms with Gasteiger partial charge in [0.1, 0.15) is 4.90 Å². The Morgan fingerprint density at radius 1 is 1.08 bits per heavy atom. The van der Waals surface area contributed by atoms with Crippen molar-refractivity contribution >= 4 is 38.2 Å². The van der Waals surface area contributed by atoms with Gasteiger partial charge in [0.05, 0.1) is 18.1 Å². The number of benzene rings is 2. The van der Waals surface area contributed by atoms with Crippen molar-refractivity contribution in [3.05, 3.63) is 94.3 Å². The van der Waals surface area contributed by atoms with Gasteiger partial charge in [-0.1, -0.05) is 61.9 Å². The van der Waals surface area contributed by atoms with Gasteiger partial charge in [-0.15, -0.1) is 11.3 Å². The molecule has 5 rings (SSSR count). The zero-order valence-corrected chi connectivity index (χ0v) is 21.8. The van der Waals surface area contributed by atoms with Crippen LogP contribution in [0.2, 0.25) is 0 Å². The molecule has 0 radical (unpaired) electrons. The summed E-state index contributed by atoms with van der Waals surface area (Å²) < 4.78 is 29.1. The van der Waals surface area contributed by atoms with Crippen molar-refractivity contribution < 1.29 is 13.2 Å². The molecular weight excluding hydrogens is 490 g/mol.